The molecule has 3 nitrogen and oxygen atoms in total. The second-order valence-corrected chi connectivity index (χ2v) is 3.51. The van der Waals surface area contributed by atoms with Crippen LogP contribution in [0, 0.1) is 0 Å². The summed E-state index contributed by atoms with van der Waals surface area (Å²) >= 11 is 2.79. The molecule has 0 aliphatic heterocycles. The minimum Gasteiger partial charge on any atom is -0.393 e. The van der Waals surface area contributed by atoms with Crippen LogP contribution in [-0.4, -0.2) is 4.57 Å². The van der Waals surface area contributed by atoms with Gasteiger partial charge in [0, 0.05) is 11.5 Å². The maximum Gasteiger partial charge on any atom is 0.431 e. The van der Waals surface area contributed by atoms with Crippen molar-refractivity contribution < 1.29 is 13.2 Å². The second kappa shape index (κ2) is 3.30. The number of rotatable bonds is 0. The van der Waals surface area contributed by atoms with E-state index in [2.05, 4.69) is 15.9 Å². The van der Waals surface area contributed by atoms with Crippen molar-refractivity contribution >= 4 is 21.6 Å². The molecule has 0 bridgehead atoms. The summed E-state index contributed by atoms with van der Waals surface area (Å²) < 4.78 is 37.4. The smallest absolute Gasteiger partial charge is 0.393 e. The van der Waals surface area contributed by atoms with E-state index in [-0.39, 0.29) is 10.2 Å². The zero-order valence-corrected chi connectivity index (χ0v) is 8.61. The SMILES string of the molecule is Cn1c(C(F)(F)F)cc(Br)c(N)c1=O. The molecule has 0 amide bonds. The Bertz CT molecular complexity index is 424. The fourth-order valence-corrected chi connectivity index (χ4v) is 1.35. The van der Waals surface area contributed by atoms with Gasteiger partial charge in [0.2, 0.25) is 0 Å². The van der Waals surface area contributed by atoms with Crippen molar-refractivity contribution in [2.75, 3.05) is 5.73 Å². The second-order valence-electron chi connectivity index (χ2n) is 2.65. The number of pyridine rings is 1. The molecule has 2 N–H and O–H groups in total. The Kier molecular flexibility index (Phi) is 2.62. The normalized spacial score (nSPS) is 11.8. The topological polar surface area (TPSA) is 48.0 Å². The van der Waals surface area contributed by atoms with Crippen LogP contribution in [0.1, 0.15) is 5.69 Å². The Labute approximate surface area is 85.5 Å². The van der Waals surface area contributed by atoms with Gasteiger partial charge in [-0.25, -0.2) is 0 Å². The van der Waals surface area contributed by atoms with Crippen molar-refractivity contribution in [3.05, 3.63) is 26.6 Å². The minimum absolute atomic E-state index is 0.0482. The summed E-state index contributed by atoms with van der Waals surface area (Å²) in [7, 11) is 1.02. The molecule has 0 atom stereocenters. The van der Waals surface area contributed by atoms with Crippen LogP contribution in [0.5, 0.6) is 0 Å². The van der Waals surface area contributed by atoms with E-state index >= 15 is 0 Å². The quantitative estimate of drug-likeness (QED) is 0.781. The number of hydrogen-bond donors (Lipinski definition) is 1. The lowest BCUT2D eigenvalue weighted by Gasteiger charge is -2.12. The molecular weight excluding hydrogens is 265 g/mol. The van der Waals surface area contributed by atoms with Gasteiger partial charge in [0.1, 0.15) is 11.4 Å². The molecule has 0 radical (unpaired) electrons. The predicted molar refractivity (Wildman–Crippen MR) is 48.8 cm³/mol. The summed E-state index contributed by atoms with van der Waals surface area (Å²) in [5, 5.41) is 0. The highest BCUT2D eigenvalue weighted by atomic mass is 79.9. The summed E-state index contributed by atoms with van der Waals surface area (Å²) in [6, 6.07) is 0.775. The largest absolute Gasteiger partial charge is 0.431 e. The molecular formula is C7H6BrF3N2O. The molecule has 0 aromatic carbocycles. The van der Waals surface area contributed by atoms with Crippen molar-refractivity contribution in [1.29, 1.82) is 0 Å². The van der Waals surface area contributed by atoms with Gasteiger partial charge in [-0.2, -0.15) is 13.2 Å². The van der Waals surface area contributed by atoms with Crippen LogP contribution in [0.2, 0.25) is 0 Å². The van der Waals surface area contributed by atoms with Crippen molar-refractivity contribution in [3.63, 3.8) is 0 Å². The van der Waals surface area contributed by atoms with Gasteiger partial charge >= 0.3 is 6.18 Å². The fraction of sp³-hybridized carbons (Fsp3) is 0.286. The van der Waals surface area contributed by atoms with Gasteiger partial charge in [0.15, 0.2) is 0 Å². The first kappa shape index (κ1) is 11.1. The van der Waals surface area contributed by atoms with E-state index in [0.717, 1.165) is 13.1 Å². The van der Waals surface area contributed by atoms with E-state index in [9.17, 15) is 18.0 Å². The number of halogens is 4. The average molecular weight is 271 g/mol. The molecule has 78 valence electrons. The Balaban J connectivity index is 3.58. The molecule has 0 saturated carbocycles. The van der Waals surface area contributed by atoms with Gasteiger partial charge in [0.25, 0.3) is 5.56 Å². The van der Waals surface area contributed by atoms with E-state index in [1.54, 1.807) is 0 Å². The zero-order chi connectivity index (χ0) is 11.1. The first-order chi connectivity index (χ1) is 6.25. The number of nitrogens with zero attached hydrogens (tertiary/aromatic N) is 1. The van der Waals surface area contributed by atoms with Gasteiger partial charge in [-0.3, -0.25) is 4.79 Å². The molecule has 1 heterocycles. The number of anilines is 1. The third kappa shape index (κ3) is 1.77. The monoisotopic (exact) mass is 270 g/mol. The summed E-state index contributed by atoms with van der Waals surface area (Å²) in [6.45, 7) is 0. The minimum atomic E-state index is -4.57. The number of alkyl halides is 3. The van der Waals surface area contributed by atoms with Crippen molar-refractivity contribution in [1.82, 2.24) is 4.57 Å². The number of hydrogen-bond acceptors (Lipinski definition) is 2. The van der Waals surface area contributed by atoms with Crippen LogP contribution in [0.4, 0.5) is 18.9 Å². The highest BCUT2D eigenvalue weighted by molar-refractivity contribution is 9.10. The number of nitrogen functional groups attached to an aromatic ring is 1. The first-order valence-electron chi connectivity index (χ1n) is 3.47. The zero-order valence-electron chi connectivity index (χ0n) is 7.02. The molecule has 0 spiro atoms. The third-order valence-corrected chi connectivity index (χ3v) is 2.36. The van der Waals surface area contributed by atoms with Crippen LogP contribution in [0.3, 0.4) is 0 Å². The van der Waals surface area contributed by atoms with Gasteiger partial charge in [-0.15, -0.1) is 0 Å². The molecule has 0 aliphatic rings. The van der Waals surface area contributed by atoms with E-state index in [0.29, 0.717) is 4.57 Å². The summed E-state index contributed by atoms with van der Waals surface area (Å²) in [5.41, 5.74) is 3.10. The van der Waals surface area contributed by atoms with Crippen LogP contribution in [0.15, 0.2) is 15.3 Å². The van der Waals surface area contributed by atoms with Crippen LogP contribution < -0.4 is 11.3 Å². The van der Waals surface area contributed by atoms with Crippen LogP contribution >= 0.6 is 15.9 Å². The van der Waals surface area contributed by atoms with Crippen molar-refractivity contribution in [3.8, 4) is 0 Å². The van der Waals surface area contributed by atoms with Crippen LogP contribution in [0.25, 0.3) is 0 Å². The Morgan fingerprint density at radius 1 is 1.50 bits per heavy atom. The number of nitrogens with two attached hydrogens (primary N) is 1. The van der Waals surface area contributed by atoms with Gasteiger partial charge in [-0.1, -0.05) is 0 Å². The lowest BCUT2D eigenvalue weighted by Crippen LogP contribution is -2.27. The summed E-state index contributed by atoms with van der Waals surface area (Å²) in [4.78, 5) is 11.2. The fourth-order valence-electron chi connectivity index (χ4n) is 0.959. The molecule has 0 aliphatic carbocycles. The maximum atomic E-state index is 12.3. The van der Waals surface area contributed by atoms with Crippen molar-refractivity contribution in [2.24, 2.45) is 7.05 Å². The average Bonchev–Trinajstić information content (AvgIpc) is 2.06. The van der Waals surface area contributed by atoms with Crippen LogP contribution in [-0.2, 0) is 13.2 Å². The standard InChI is InChI=1S/C7H6BrF3N2O/c1-13-4(7(9,10)11)2-3(8)5(12)6(13)14/h2H,12H2,1H3. The molecule has 14 heavy (non-hydrogen) atoms. The summed E-state index contributed by atoms with van der Waals surface area (Å²) in [6.07, 6.45) is -4.57. The molecule has 0 unspecified atom stereocenters. The molecule has 0 saturated heterocycles. The highest BCUT2D eigenvalue weighted by Crippen LogP contribution is 2.30. The van der Waals surface area contributed by atoms with Gasteiger partial charge < -0.3 is 10.3 Å². The Hall–Kier alpha value is -0.980. The molecule has 1 aromatic heterocycles. The third-order valence-electron chi connectivity index (χ3n) is 1.71. The molecule has 1 rings (SSSR count). The van der Waals surface area contributed by atoms with E-state index in [4.69, 9.17) is 5.73 Å². The Morgan fingerprint density at radius 3 is 2.43 bits per heavy atom. The van der Waals surface area contributed by atoms with E-state index in [1.807, 2.05) is 0 Å². The molecule has 1 aromatic rings. The van der Waals surface area contributed by atoms with Gasteiger partial charge in [0.05, 0.1) is 0 Å². The highest BCUT2D eigenvalue weighted by Gasteiger charge is 2.34. The van der Waals surface area contributed by atoms with Crippen molar-refractivity contribution in [2.45, 2.75) is 6.18 Å². The molecule has 7 heteroatoms. The lowest BCUT2D eigenvalue weighted by molar-refractivity contribution is -0.143. The van der Waals surface area contributed by atoms with E-state index in [1.165, 1.54) is 0 Å². The summed E-state index contributed by atoms with van der Waals surface area (Å²) in [5.74, 6) is 0. The maximum absolute atomic E-state index is 12.3. The van der Waals surface area contributed by atoms with E-state index < -0.39 is 17.4 Å². The van der Waals surface area contributed by atoms with Gasteiger partial charge in [-0.05, 0) is 22.0 Å². The molecule has 0 fully saturated rings. The first-order valence-corrected chi connectivity index (χ1v) is 4.26. The predicted octanol–water partition coefficient (Wildman–Crippen LogP) is 1.75. The Morgan fingerprint density at radius 2 is 2.00 bits per heavy atom. The number of aromatic nitrogens is 1. The lowest BCUT2D eigenvalue weighted by atomic mass is 10.3.